The Kier molecular flexibility index (Phi) is 3.83. The van der Waals surface area contributed by atoms with Crippen molar-refractivity contribution in [3.63, 3.8) is 0 Å². The summed E-state index contributed by atoms with van der Waals surface area (Å²) in [6, 6.07) is 2.34. The summed E-state index contributed by atoms with van der Waals surface area (Å²) < 4.78 is 66.9. The Morgan fingerprint density at radius 2 is 1.35 bits per heavy atom. The summed E-state index contributed by atoms with van der Waals surface area (Å²) in [5.41, 5.74) is -0.142. The van der Waals surface area contributed by atoms with Crippen LogP contribution in [0.15, 0.2) is 18.2 Å². The van der Waals surface area contributed by atoms with Gasteiger partial charge in [-0.3, -0.25) is 0 Å². The number of benzene rings is 2. The van der Waals surface area contributed by atoms with Gasteiger partial charge in [-0.2, -0.15) is 0 Å². The Morgan fingerprint density at radius 3 is 2.00 bits per heavy atom. The fourth-order valence-electron chi connectivity index (χ4n) is 2.01. The quantitative estimate of drug-likeness (QED) is 0.451. The molecule has 0 amide bonds. The first-order valence-corrected chi connectivity index (χ1v) is 5.88. The molecule has 2 aromatic rings. The molecule has 0 heterocycles. The summed E-state index contributed by atoms with van der Waals surface area (Å²) >= 11 is 0. The van der Waals surface area contributed by atoms with E-state index >= 15 is 0 Å². The molecule has 2 aromatic carbocycles. The van der Waals surface area contributed by atoms with Gasteiger partial charge in [0.05, 0.1) is 0 Å². The van der Waals surface area contributed by atoms with Crippen LogP contribution in [0.5, 0.6) is 0 Å². The van der Waals surface area contributed by atoms with Gasteiger partial charge in [-0.25, -0.2) is 22.0 Å². The van der Waals surface area contributed by atoms with E-state index in [0.29, 0.717) is 12.1 Å². The second-order valence-electron chi connectivity index (χ2n) is 4.63. The summed E-state index contributed by atoms with van der Waals surface area (Å²) in [5, 5.41) is 0. The van der Waals surface area contributed by atoms with Crippen LogP contribution in [0, 0.1) is 42.9 Å². The molecule has 0 nitrogen and oxygen atoms in total. The molecule has 0 saturated heterocycles. The van der Waals surface area contributed by atoms with Crippen molar-refractivity contribution in [1.29, 1.82) is 0 Å². The summed E-state index contributed by atoms with van der Waals surface area (Å²) in [6.07, 6.45) is 0. The van der Waals surface area contributed by atoms with E-state index in [9.17, 15) is 22.0 Å². The van der Waals surface area contributed by atoms with Crippen LogP contribution < -0.4 is 10.9 Å². The molecule has 0 aliphatic carbocycles. The molecule has 104 valence electrons. The molecule has 6 heteroatoms. The largest absolute Gasteiger partial charge is 0.207 e. The molecule has 2 rings (SSSR count). The first kappa shape index (κ1) is 14.6. The molecule has 0 aromatic heterocycles. The second-order valence-corrected chi connectivity index (χ2v) is 4.63. The fraction of sp³-hybridized carbons (Fsp3) is 0.143. The minimum atomic E-state index is -1.29. The van der Waals surface area contributed by atoms with Crippen LogP contribution in [0.3, 0.4) is 0 Å². The van der Waals surface area contributed by atoms with Crippen LogP contribution in [0.25, 0.3) is 0 Å². The molecule has 0 fully saturated rings. The van der Waals surface area contributed by atoms with E-state index in [1.807, 2.05) is 0 Å². The van der Waals surface area contributed by atoms with Crippen molar-refractivity contribution in [2.45, 2.75) is 13.8 Å². The highest BCUT2D eigenvalue weighted by atomic mass is 19.2. The molecule has 20 heavy (non-hydrogen) atoms. The standard InChI is InChI=1S/C14H10BF5/c1-6-3-8(10(17)4-9(6)16)15-13-7(2)14(20)12(19)5-11(13)18/h3-5,15H,1-2H3. The molecule has 0 spiro atoms. The number of halogens is 5. The van der Waals surface area contributed by atoms with E-state index < -0.39 is 29.1 Å². The summed E-state index contributed by atoms with van der Waals surface area (Å²) in [5.74, 6) is -4.98. The van der Waals surface area contributed by atoms with Crippen molar-refractivity contribution in [3.8, 4) is 0 Å². The predicted molar refractivity (Wildman–Crippen MR) is 68.6 cm³/mol. The average Bonchev–Trinajstić information content (AvgIpc) is 2.38. The molecule has 0 aliphatic heterocycles. The maximum absolute atomic E-state index is 13.7. The third-order valence-corrected chi connectivity index (χ3v) is 3.23. The van der Waals surface area contributed by atoms with Gasteiger partial charge in [0.1, 0.15) is 17.5 Å². The van der Waals surface area contributed by atoms with Gasteiger partial charge in [0, 0.05) is 12.1 Å². The third kappa shape index (κ3) is 2.55. The molecular weight excluding hydrogens is 274 g/mol. The highest BCUT2D eigenvalue weighted by molar-refractivity contribution is 6.68. The Bertz CT molecular complexity index is 682. The third-order valence-electron chi connectivity index (χ3n) is 3.23. The monoisotopic (exact) mass is 284 g/mol. The smallest absolute Gasteiger partial charge is 0.200 e. The van der Waals surface area contributed by atoms with E-state index in [2.05, 4.69) is 0 Å². The van der Waals surface area contributed by atoms with Crippen LogP contribution in [0.1, 0.15) is 11.1 Å². The normalized spacial score (nSPS) is 10.8. The van der Waals surface area contributed by atoms with Crippen molar-refractivity contribution in [1.82, 2.24) is 0 Å². The van der Waals surface area contributed by atoms with E-state index in [1.165, 1.54) is 19.9 Å². The molecule has 0 unspecified atom stereocenters. The minimum Gasteiger partial charge on any atom is -0.207 e. The fourth-order valence-corrected chi connectivity index (χ4v) is 2.01. The number of hydrogen-bond donors (Lipinski definition) is 0. The average molecular weight is 284 g/mol. The first-order chi connectivity index (χ1) is 9.31. The topological polar surface area (TPSA) is 0 Å². The second kappa shape index (κ2) is 5.27. The van der Waals surface area contributed by atoms with Gasteiger partial charge >= 0.3 is 0 Å². The summed E-state index contributed by atoms with van der Waals surface area (Å²) in [7, 11) is -0.276. The Hall–Kier alpha value is -1.85. The molecule has 0 atom stereocenters. The van der Waals surface area contributed by atoms with Crippen molar-refractivity contribution in [2.24, 2.45) is 0 Å². The zero-order valence-corrected chi connectivity index (χ0v) is 10.8. The molecule has 0 radical (unpaired) electrons. The van der Waals surface area contributed by atoms with E-state index in [4.69, 9.17) is 0 Å². The maximum atomic E-state index is 13.7. The van der Waals surface area contributed by atoms with E-state index in [1.54, 1.807) is 0 Å². The van der Waals surface area contributed by atoms with Crippen molar-refractivity contribution in [2.75, 3.05) is 0 Å². The van der Waals surface area contributed by atoms with Crippen LogP contribution in [0.4, 0.5) is 22.0 Å². The number of aryl methyl sites for hydroxylation is 1. The lowest BCUT2D eigenvalue weighted by Gasteiger charge is -2.10. The number of hydrogen-bond acceptors (Lipinski definition) is 0. The van der Waals surface area contributed by atoms with Gasteiger partial charge in [0.2, 0.25) is 0 Å². The lowest BCUT2D eigenvalue weighted by atomic mass is 9.61. The maximum Gasteiger partial charge on any atom is 0.200 e. The predicted octanol–water partition coefficient (Wildman–Crippen LogP) is 2.39. The summed E-state index contributed by atoms with van der Waals surface area (Å²) in [4.78, 5) is 0. The Balaban J connectivity index is 2.51. The van der Waals surface area contributed by atoms with Gasteiger partial charge in [0.15, 0.2) is 18.9 Å². The highest BCUT2D eigenvalue weighted by Crippen LogP contribution is 2.12. The van der Waals surface area contributed by atoms with Gasteiger partial charge in [-0.05, 0) is 35.9 Å². The minimum absolute atomic E-state index is 0.0249. The highest BCUT2D eigenvalue weighted by Gasteiger charge is 2.18. The lowest BCUT2D eigenvalue weighted by Crippen LogP contribution is -2.35. The Morgan fingerprint density at radius 1 is 0.750 bits per heavy atom. The van der Waals surface area contributed by atoms with Crippen LogP contribution in [-0.2, 0) is 0 Å². The Labute approximate surface area is 113 Å². The lowest BCUT2D eigenvalue weighted by molar-refractivity contribution is 0.492. The van der Waals surface area contributed by atoms with Crippen LogP contribution >= 0.6 is 0 Å². The SMILES string of the molecule is Cc1cc(Bc2c(F)cc(F)c(F)c2C)c(F)cc1F. The zero-order valence-electron chi connectivity index (χ0n) is 10.8. The molecule has 0 saturated carbocycles. The zero-order chi connectivity index (χ0) is 15.0. The molecule has 0 N–H and O–H groups in total. The van der Waals surface area contributed by atoms with Gasteiger partial charge in [0.25, 0.3) is 0 Å². The van der Waals surface area contributed by atoms with Gasteiger partial charge in [-0.15, -0.1) is 0 Å². The van der Waals surface area contributed by atoms with Crippen LogP contribution in [0.2, 0.25) is 0 Å². The van der Waals surface area contributed by atoms with Crippen LogP contribution in [-0.4, -0.2) is 7.28 Å². The van der Waals surface area contributed by atoms with Gasteiger partial charge < -0.3 is 0 Å². The molecule has 0 bridgehead atoms. The first-order valence-electron chi connectivity index (χ1n) is 5.88. The van der Waals surface area contributed by atoms with E-state index in [0.717, 1.165) is 0 Å². The number of rotatable bonds is 2. The van der Waals surface area contributed by atoms with Gasteiger partial charge in [-0.1, -0.05) is 6.07 Å². The molecule has 0 aliphatic rings. The van der Waals surface area contributed by atoms with Crippen molar-refractivity contribution < 1.29 is 22.0 Å². The summed E-state index contributed by atoms with van der Waals surface area (Å²) in [6.45, 7) is 2.65. The van der Waals surface area contributed by atoms with Crippen molar-refractivity contribution >= 4 is 18.2 Å². The molecular formula is C14H10BF5. The van der Waals surface area contributed by atoms with E-state index in [-0.39, 0.29) is 29.3 Å². The van der Waals surface area contributed by atoms with Crippen molar-refractivity contribution in [3.05, 3.63) is 58.4 Å².